The van der Waals surface area contributed by atoms with Crippen molar-refractivity contribution in [3.63, 3.8) is 0 Å². The van der Waals surface area contributed by atoms with Crippen molar-refractivity contribution in [3.8, 4) is 0 Å². The van der Waals surface area contributed by atoms with Crippen molar-refractivity contribution in [2.45, 2.75) is 18.2 Å². The number of nitro benzene ring substituents is 1. The molecule has 0 spiro atoms. The molecule has 1 amide bonds. The zero-order chi connectivity index (χ0) is 17.5. The molecule has 0 heterocycles. The highest BCUT2D eigenvalue weighted by atomic mass is 32.2. The molecule has 0 radical (unpaired) electrons. The van der Waals surface area contributed by atoms with Crippen LogP contribution in [0.3, 0.4) is 0 Å². The predicted octanol–water partition coefficient (Wildman–Crippen LogP) is 3.95. The van der Waals surface area contributed by atoms with Gasteiger partial charge in [-0.15, -0.1) is 11.8 Å². The number of halogens is 1. The van der Waals surface area contributed by atoms with E-state index in [0.29, 0.717) is 17.7 Å². The number of carbonyl (C=O) groups excluding carboxylic acids is 1. The SMILES string of the molecule is Cc1cc(C(=O)NCCCSc2ccc(F)cc2)ccc1[N+](=O)[O-]. The highest BCUT2D eigenvalue weighted by Crippen LogP contribution is 2.19. The quantitative estimate of drug-likeness (QED) is 0.356. The van der Waals surface area contributed by atoms with Gasteiger partial charge < -0.3 is 5.32 Å². The van der Waals surface area contributed by atoms with Crippen molar-refractivity contribution in [1.82, 2.24) is 5.32 Å². The van der Waals surface area contributed by atoms with Crippen molar-refractivity contribution >= 4 is 23.4 Å². The molecule has 0 bridgehead atoms. The molecule has 0 fully saturated rings. The third kappa shape index (κ3) is 5.06. The standard InChI is InChI=1S/C17H17FN2O3S/c1-12-11-13(3-8-16(12)20(22)23)17(21)19-9-2-10-24-15-6-4-14(18)5-7-15/h3-8,11H,2,9-10H2,1H3,(H,19,21). The lowest BCUT2D eigenvalue weighted by atomic mass is 10.1. The molecule has 0 aliphatic heterocycles. The third-order valence-corrected chi connectivity index (χ3v) is 4.44. The van der Waals surface area contributed by atoms with Gasteiger partial charge in [0.05, 0.1) is 4.92 Å². The first-order chi connectivity index (χ1) is 11.5. The number of amides is 1. The minimum atomic E-state index is -0.469. The topological polar surface area (TPSA) is 72.2 Å². The van der Waals surface area contributed by atoms with E-state index in [1.165, 1.54) is 30.3 Å². The molecular weight excluding hydrogens is 331 g/mol. The minimum Gasteiger partial charge on any atom is -0.352 e. The van der Waals surface area contributed by atoms with Crippen molar-refractivity contribution < 1.29 is 14.1 Å². The lowest BCUT2D eigenvalue weighted by Crippen LogP contribution is -2.24. The molecule has 0 saturated carbocycles. The summed E-state index contributed by atoms with van der Waals surface area (Å²) in [6, 6.07) is 10.6. The van der Waals surface area contributed by atoms with Crippen LogP contribution < -0.4 is 5.32 Å². The van der Waals surface area contributed by atoms with Gasteiger partial charge in [-0.1, -0.05) is 0 Å². The highest BCUT2D eigenvalue weighted by Gasteiger charge is 2.13. The number of aryl methyl sites for hydroxylation is 1. The molecule has 126 valence electrons. The van der Waals surface area contributed by atoms with Crippen molar-refractivity contribution in [2.24, 2.45) is 0 Å². The number of hydrogen-bond donors (Lipinski definition) is 1. The molecule has 0 aromatic heterocycles. The zero-order valence-corrected chi connectivity index (χ0v) is 13.9. The van der Waals surface area contributed by atoms with Gasteiger partial charge >= 0.3 is 0 Å². The summed E-state index contributed by atoms with van der Waals surface area (Å²) in [5.41, 5.74) is 0.867. The Labute approximate surface area is 143 Å². The van der Waals surface area contributed by atoms with Crippen LogP contribution in [0.5, 0.6) is 0 Å². The molecule has 0 atom stereocenters. The van der Waals surface area contributed by atoms with E-state index < -0.39 is 4.92 Å². The molecule has 0 saturated heterocycles. The molecule has 2 aromatic carbocycles. The number of rotatable bonds is 7. The molecule has 0 unspecified atom stereocenters. The van der Waals surface area contributed by atoms with E-state index in [-0.39, 0.29) is 17.4 Å². The Morgan fingerprint density at radius 1 is 1.25 bits per heavy atom. The van der Waals surface area contributed by atoms with Gasteiger partial charge in [-0.05, 0) is 55.5 Å². The molecule has 7 heteroatoms. The normalized spacial score (nSPS) is 10.4. The van der Waals surface area contributed by atoms with Crippen LogP contribution in [0.2, 0.25) is 0 Å². The van der Waals surface area contributed by atoms with E-state index in [9.17, 15) is 19.3 Å². The maximum absolute atomic E-state index is 12.8. The number of nitrogens with one attached hydrogen (secondary N) is 1. The number of hydrogen-bond acceptors (Lipinski definition) is 4. The van der Waals surface area contributed by atoms with Crippen LogP contribution in [0.4, 0.5) is 10.1 Å². The zero-order valence-electron chi connectivity index (χ0n) is 13.1. The molecule has 1 N–H and O–H groups in total. The van der Waals surface area contributed by atoms with E-state index in [2.05, 4.69) is 5.32 Å². The smallest absolute Gasteiger partial charge is 0.272 e. The molecular formula is C17H17FN2O3S. The maximum atomic E-state index is 12.8. The Kier molecular flexibility index (Phi) is 6.31. The van der Waals surface area contributed by atoms with Crippen LogP contribution in [-0.2, 0) is 0 Å². The number of benzene rings is 2. The Morgan fingerprint density at radius 2 is 1.96 bits per heavy atom. The van der Waals surface area contributed by atoms with Gasteiger partial charge in [0, 0.05) is 28.6 Å². The summed E-state index contributed by atoms with van der Waals surface area (Å²) in [6.45, 7) is 2.11. The van der Waals surface area contributed by atoms with Gasteiger partial charge in [0.25, 0.3) is 11.6 Å². The molecule has 2 aromatic rings. The van der Waals surface area contributed by atoms with Crippen LogP contribution in [0.1, 0.15) is 22.3 Å². The Hall–Kier alpha value is -2.41. The van der Waals surface area contributed by atoms with Gasteiger partial charge in [-0.25, -0.2) is 4.39 Å². The van der Waals surface area contributed by atoms with Gasteiger partial charge in [0.1, 0.15) is 5.82 Å². The molecule has 0 aliphatic rings. The Morgan fingerprint density at radius 3 is 2.58 bits per heavy atom. The predicted molar refractivity (Wildman–Crippen MR) is 91.9 cm³/mol. The summed E-state index contributed by atoms with van der Waals surface area (Å²) in [5.74, 6) is 0.287. The summed E-state index contributed by atoms with van der Waals surface area (Å²) in [6.07, 6.45) is 0.764. The number of nitro groups is 1. The maximum Gasteiger partial charge on any atom is 0.272 e. The van der Waals surface area contributed by atoms with E-state index in [1.54, 1.807) is 30.8 Å². The first-order valence-corrected chi connectivity index (χ1v) is 8.37. The Bertz CT molecular complexity index is 735. The number of carbonyl (C=O) groups is 1. The van der Waals surface area contributed by atoms with Gasteiger partial charge in [-0.3, -0.25) is 14.9 Å². The molecule has 2 rings (SSSR count). The lowest BCUT2D eigenvalue weighted by Gasteiger charge is -2.06. The second-order valence-corrected chi connectivity index (χ2v) is 6.34. The van der Waals surface area contributed by atoms with Crippen molar-refractivity contribution in [1.29, 1.82) is 0 Å². The van der Waals surface area contributed by atoms with Crippen LogP contribution in [0, 0.1) is 22.9 Å². The van der Waals surface area contributed by atoms with Crippen molar-refractivity contribution in [3.05, 3.63) is 69.5 Å². The fourth-order valence-electron chi connectivity index (χ4n) is 2.10. The third-order valence-electron chi connectivity index (χ3n) is 3.34. The van der Waals surface area contributed by atoms with E-state index >= 15 is 0 Å². The molecule has 0 aliphatic carbocycles. The number of nitrogens with zero attached hydrogens (tertiary/aromatic N) is 1. The fourth-order valence-corrected chi connectivity index (χ4v) is 2.95. The van der Waals surface area contributed by atoms with Crippen LogP contribution in [0.15, 0.2) is 47.4 Å². The van der Waals surface area contributed by atoms with Crippen molar-refractivity contribution in [2.75, 3.05) is 12.3 Å². The first-order valence-electron chi connectivity index (χ1n) is 7.39. The van der Waals surface area contributed by atoms with Crippen LogP contribution in [0.25, 0.3) is 0 Å². The summed E-state index contributed by atoms with van der Waals surface area (Å²) >= 11 is 1.59. The summed E-state index contributed by atoms with van der Waals surface area (Å²) in [7, 11) is 0. The first kappa shape index (κ1) is 17.9. The van der Waals surface area contributed by atoms with Crippen LogP contribution >= 0.6 is 11.8 Å². The number of thioether (sulfide) groups is 1. The minimum absolute atomic E-state index is 0.00208. The highest BCUT2D eigenvalue weighted by molar-refractivity contribution is 7.99. The van der Waals surface area contributed by atoms with E-state index in [4.69, 9.17) is 0 Å². The Balaban J connectivity index is 1.76. The van der Waals surface area contributed by atoms with E-state index in [0.717, 1.165) is 17.1 Å². The lowest BCUT2D eigenvalue weighted by molar-refractivity contribution is -0.385. The fraction of sp³-hybridized carbons (Fsp3) is 0.235. The monoisotopic (exact) mass is 348 g/mol. The second-order valence-electron chi connectivity index (χ2n) is 5.17. The van der Waals surface area contributed by atoms with E-state index in [1.807, 2.05) is 0 Å². The van der Waals surface area contributed by atoms with Gasteiger partial charge in [0.2, 0.25) is 0 Å². The van der Waals surface area contributed by atoms with Gasteiger partial charge in [0.15, 0.2) is 0 Å². The summed E-state index contributed by atoms with van der Waals surface area (Å²) < 4.78 is 12.8. The molecule has 24 heavy (non-hydrogen) atoms. The van der Waals surface area contributed by atoms with Crippen LogP contribution in [-0.4, -0.2) is 23.1 Å². The average Bonchev–Trinajstić information content (AvgIpc) is 2.55. The largest absolute Gasteiger partial charge is 0.352 e. The average molecular weight is 348 g/mol. The summed E-state index contributed by atoms with van der Waals surface area (Å²) in [4.78, 5) is 23.3. The van der Waals surface area contributed by atoms with Gasteiger partial charge in [-0.2, -0.15) is 0 Å². The second kappa shape index (κ2) is 8.44. The summed E-state index contributed by atoms with van der Waals surface area (Å²) in [5, 5.41) is 13.6. The molecule has 5 nitrogen and oxygen atoms in total.